The molecule has 1 heterocycles. The quantitative estimate of drug-likeness (QED) is 0.746. The summed E-state index contributed by atoms with van der Waals surface area (Å²) in [5.74, 6) is -0.0307. The molecule has 0 saturated carbocycles. The maximum absolute atomic E-state index is 12.6. The molecule has 122 valence electrons. The Morgan fingerprint density at radius 1 is 1.36 bits per heavy atom. The van der Waals surface area contributed by atoms with Crippen LogP contribution in [0.2, 0.25) is 0 Å². The largest absolute Gasteiger partial charge is 0.433 e. The van der Waals surface area contributed by atoms with Crippen molar-refractivity contribution in [3.63, 3.8) is 0 Å². The molecule has 5 nitrogen and oxygen atoms in total. The van der Waals surface area contributed by atoms with E-state index in [-0.39, 0.29) is 11.4 Å². The van der Waals surface area contributed by atoms with Gasteiger partial charge >= 0.3 is 6.18 Å². The van der Waals surface area contributed by atoms with E-state index in [4.69, 9.17) is 10.00 Å². The van der Waals surface area contributed by atoms with Gasteiger partial charge in [0.05, 0.1) is 12.2 Å². The SMILES string of the molecule is COCCN(C)CCCNc1nc(C(F)(F)F)ccc1C#N. The summed E-state index contributed by atoms with van der Waals surface area (Å²) in [7, 11) is 3.56. The number of anilines is 1. The lowest BCUT2D eigenvalue weighted by Crippen LogP contribution is -2.25. The van der Waals surface area contributed by atoms with Crippen LogP contribution in [0.1, 0.15) is 17.7 Å². The van der Waals surface area contributed by atoms with Crippen LogP contribution in [0.4, 0.5) is 19.0 Å². The van der Waals surface area contributed by atoms with Crippen LogP contribution in [0, 0.1) is 11.3 Å². The molecule has 0 aliphatic rings. The van der Waals surface area contributed by atoms with Gasteiger partial charge in [-0.3, -0.25) is 0 Å². The first-order valence-corrected chi connectivity index (χ1v) is 6.78. The van der Waals surface area contributed by atoms with Gasteiger partial charge in [0.25, 0.3) is 0 Å². The van der Waals surface area contributed by atoms with E-state index in [1.165, 1.54) is 0 Å². The molecule has 0 aromatic carbocycles. The minimum Gasteiger partial charge on any atom is -0.383 e. The Morgan fingerprint density at radius 2 is 2.09 bits per heavy atom. The Balaban J connectivity index is 2.56. The van der Waals surface area contributed by atoms with Gasteiger partial charge in [-0.05, 0) is 32.1 Å². The van der Waals surface area contributed by atoms with Crippen LogP contribution < -0.4 is 5.32 Å². The number of alkyl halides is 3. The summed E-state index contributed by atoms with van der Waals surface area (Å²) in [5.41, 5.74) is -0.910. The van der Waals surface area contributed by atoms with Crippen LogP contribution in [0.3, 0.4) is 0 Å². The van der Waals surface area contributed by atoms with Gasteiger partial charge in [-0.1, -0.05) is 0 Å². The number of nitrogens with one attached hydrogen (secondary N) is 1. The number of likely N-dealkylation sites (N-methyl/N-ethyl adjacent to an activating group) is 1. The van der Waals surface area contributed by atoms with Gasteiger partial charge in [-0.2, -0.15) is 18.4 Å². The fourth-order valence-corrected chi connectivity index (χ4v) is 1.76. The van der Waals surface area contributed by atoms with E-state index >= 15 is 0 Å². The number of aromatic nitrogens is 1. The van der Waals surface area contributed by atoms with Gasteiger partial charge in [-0.25, -0.2) is 4.98 Å². The second kappa shape index (κ2) is 8.56. The third-order valence-electron chi connectivity index (χ3n) is 2.99. The van der Waals surface area contributed by atoms with Crippen molar-refractivity contribution in [3.05, 3.63) is 23.4 Å². The lowest BCUT2D eigenvalue weighted by atomic mass is 10.2. The predicted octanol–water partition coefficient (Wildman–Crippen LogP) is 2.35. The van der Waals surface area contributed by atoms with Gasteiger partial charge in [-0.15, -0.1) is 0 Å². The molecule has 1 N–H and O–H groups in total. The molecule has 1 aromatic rings. The van der Waals surface area contributed by atoms with Gasteiger partial charge < -0.3 is 15.0 Å². The molecular weight excluding hydrogens is 297 g/mol. The van der Waals surface area contributed by atoms with Crippen LogP contribution in [-0.2, 0) is 10.9 Å². The molecule has 0 aliphatic carbocycles. The first-order chi connectivity index (χ1) is 10.4. The van der Waals surface area contributed by atoms with Gasteiger partial charge in [0, 0.05) is 20.2 Å². The molecule has 0 atom stereocenters. The van der Waals surface area contributed by atoms with Crippen molar-refractivity contribution < 1.29 is 17.9 Å². The van der Waals surface area contributed by atoms with E-state index < -0.39 is 11.9 Å². The van der Waals surface area contributed by atoms with Crippen molar-refractivity contribution >= 4 is 5.82 Å². The minimum absolute atomic E-state index is 0.0307. The zero-order chi connectivity index (χ0) is 16.6. The molecular formula is C14H19F3N4O. The maximum Gasteiger partial charge on any atom is 0.433 e. The summed E-state index contributed by atoms with van der Waals surface area (Å²) in [6.45, 7) is 2.59. The van der Waals surface area contributed by atoms with Crippen LogP contribution in [-0.4, -0.2) is 50.3 Å². The maximum atomic E-state index is 12.6. The van der Waals surface area contributed by atoms with Crippen molar-refractivity contribution in [3.8, 4) is 6.07 Å². The average molecular weight is 316 g/mol. The lowest BCUT2D eigenvalue weighted by molar-refractivity contribution is -0.141. The highest BCUT2D eigenvalue weighted by Gasteiger charge is 2.33. The fraction of sp³-hybridized carbons (Fsp3) is 0.571. The van der Waals surface area contributed by atoms with Crippen molar-refractivity contribution in [2.45, 2.75) is 12.6 Å². The number of hydrogen-bond acceptors (Lipinski definition) is 5. The fourth-order valence-electron chi connectivity index (χ4n) is 1.76. The summed E-state index contributed by atoms with van der Waals surface area (Å²) < 4.78 is 42.8. The highest BCUT2D eigenvalue weighted by Crippen LogP contribution is 2.29. The number of rotatable bonds is 8. The molecule has 0 saturated heterocycles. The molecule has 1 aromatic heterocycles. The van der Waals surface area contributed by atoms with Crippen LogP contribution in [0.25, 0.3) is 0 Å². The standard InChI is InChI=1S/C14H19F3N4O/c1-21(8-9-22-2)7-3-6-19-13-11(10-18)4-5-12(20-13)14(15,16)17/h4-5H,3,6-9H2,1-2H3,(H,19,20). The molecule has 0 amide bonds. The monoisotopic (exact) mass is 316 g/mol. The summed E-state index contributed by atoms with van der Waals surface area (Å²) in [5, 5.41) is 11.7. The van der Waals surface area contributed by atoms with Crippen molar-refractivity contribution in [1.82, 2.24) is 9.88 Å². The summed E-state index contributed by atoms with van der Waals surface area (Å²) >= 11 is 0. The van der Waals surface area contributed by atoms with Crippen LogP contribution in [0.15, 0.2) is 12.1 Å². The van der Waals surface area contributed by atoms with Gasteiger partial charge in [0.2, 0.25) is 0 Å². The minimum atomic E-state index is -4.52. The third kappa shape index (κ3) is 5.87. The number of nitrogens with zero attached hydrogens (tertiary/aromatic N) is 3. The third-order valence-corrected chi connectivity index (χ3v) is 2.99. The Bertz CT molecular complexity index is 514. The van der Waals surface area contributed by atoms with Gasteiger partial charge in [0.1, 0.15) is 17.6 Å². The Labute approximate surface area is 127 Å². The lowest BCUT2D eigenvalue weighted by Gasteiger charge is -2.16. The number of methoxy groups -OCH3 is 1. The zero-order valence-electron chi connectivity index (χ0n) is 12.6. The first kappa shape index (κ1) is 18.2. The molecule has 22 heavy (non-hydrogen) atoms. The molecule has 1 rings (SSSR count). The Kier molecular flexibility index (Phi) is 7.08. The van der Waals surface area contributed by atoms with E-state index in [2.05, 4.69) is 15.2 Å². The zero-order valence-corrected chi connectivity index (χ0v) is 12.6. The van der Waals surface area contributed by atoms with Crippen molar-refractivity contribution in [2.75, 3.05) is 45.7 Å². The molecule has 0 fully saturated rings. The highest BCUT2D eigenvalue weighted by atomic mass is 19.4. The van der Waals surface area contributed by atoms with Crippen LogP contribution >= 0.6 is 0 Å². The van der Waals surface area contributed by atoms with E-state index in [9.17, 15) is 13.2 Å². The Morgan fingerprint density at radius 3 is 2.68 bits per heavy atom. The van der Waals surface area contributed by atoms with E-state index in [0.29, 0.717) is 19.6 Å². The predicted molar refractivity (Wildman–Crippen MR) is 76.4 cm³/mol. The van der Waals surface area contributed by atoms with E-state index in [0.717, 1.165) is 25.2 Å². The first-order valence-electron chi connectivity index (χ1n) is 6.78. The Hall–Kier alpha value is -1.85. The average Bonchev–Trinajstić information content (AvgIpc) is 2.48. The number of hydrogen-bond donors (Lipinski definition) is 1. The number of ether oxygens (including phenoxy) is 1. The molecule has 0 bridgehead atoms. The second-order valence-corrected chi connectivity index (χ2v) is 4.78. The number of halogens is 3. The molecule has 0 aliphatic heterocycles. The summed E-state index contributed by atoms with van der Waals surface area (Å²) in [6, 6.07) is 3.77. The topological polar surface area (TPSA) is 61.2 Å². The normalized spacial score (nSPS) is 11.5. The van der Waals surface area contributed by atoms with Crippen molar-refractivity contribution in [1.29, 1.82) is 5.26 Å². The summed E-state index contributed by atoms with van der Waals surface area (Å²) in [4.78, 5) is 5.54. The van der Waals surface area contributed by atoms with E-state index in [1.54, 1.807) is 7.11 Å². The smallest absolute Gasteiger partial charge is 0.383 e. The van der Waals surface area contributed by atoms with E-state index in [1.807, 2.05) is 13.1 Å². The molecule has 0 unspecified atom stereocenters. The van der Waals surface area contributed by atoms with Crippen LogP contribution in [0.5, 0.6) is 0 Å². The molecule has 0 radical (unpaired) electrons. The molecule has 8 heteroatoms. The number of nitriles is 1. The number of pyridine rings is 1. The second-order valence-electron chi connectivity index (χ2n) is 4.78. The van der Waals surface area contributed by atoms with Crippen molar-refractivity contribution in [2.24, 2.45) is 0 Å². The highest BCUT2D eigenvalue weighted by molar-refractivity contribution is 5.52. The van der Waals surface area contributed by atoms with Gasteiger partial charge in [0.15, 0.2) is 0 Å². The summed E-state index contributed by atoms with van der Waals surface area (Å²) in [6.07, 6.45) is -3.81. The molecule has 0 spiro atoms.